The number of sulfonamides is 1. The second kappa shape index (κ2) is 10.2. The number of hydrogen-bond acceptors (Lipinski definition) is 7. The first kappa shape index (κ1) is 24.5. The molecule has 1 heterocycles. The maximum absolute atomic E-state index is 12.6. The van der Waals surface area contributed by atoms with Gasteiger partial charge in [-0.15, -0.1) is 0 Å². The molecule has 0 spiro atoms. The second-order valence-electron chi connectivity index (χ2n) is 7.88. The summed E-state index contributed by atoms with van der Waals surface area (Å²) in [5.41, 5.74) is 3.51. The van der Waals surface area contributed by atoms with Gasteiger partial charge in [0.25, 0.3) is 5.91 Å². The van der Waals surface area contributed by atoms with E-state index in [2.05, 4.69) is 10.0 Å². The number of amides is 1. The van der Waals surface area contributed by atoms with E-state index in [1.165, 1.54) is 25.1 Å². The molecule has 0 aromatic heterocycles. The van der Waals surface area contributed by atoms with Crippen LogP contribution in [0.1, 0.15) is 30.0 Å². The molecule has 0 bridgehead atoms. The molecule has 0 saturated heterocycles. The van der Waals surface area contributed by atoms with Crippen LogP contribution in [0.3, 0.4) is 0 Å². The molecule has 3 rings (SSSR count). The molecule has 2 aromatic carbocycles. The zero-order valence-electron chi connectivity index (χ0n) is 19.1. The normalized spacial score (nSPS) is 14.2. The summed E-state index contributed by atoms with van der Waals surface area (Å²) in [6.45, 7) is 7.40. The lowest BCUT2D eigenvalue weighted by Crippen LogP contribution is -2.36. The highest BCUT2D eigenvalue weighted by molar-refractivity contribution is 7.89. The van der Waals surface area contributed by atoms with E-state index in [1.54, 1.807) is 0 Å². The summed E-state index contributed by atoms with van der Waals surface area (Å²) in [7, 11) is -4.01. The molecule has 1 unspecified atom stereocenters. The number of anilines is 1. The van der Waals surface area contributed by atoms with Crippen LogP contribution in [0.4, 0.5) is 5.69 Å². The van der Waals surface area contributed by atoms with Crippen molar-refractivity contribution in [2.75, 3.05) is 25.1 Å². The van der Waals surface area contributed by atoms with Crippen molar-refractivity contribution >= 4 is 27.6 Å². The fourth-order valence-corrected chi connectivity index (χ4v) is 4.43. The molecule has 178 valence electrons. The topological polar surface area (TPSA) is 120 Å². The molecule has 1 aliphatic heterocycles. The van der Waals surface area contributed by atoms with E-state index < -0.39 is 34.5 Å². The third-order valence-corrected chi connectivity index (χ3v) is 6.44. The van der Waals surface area contributed by atoms with Gasteiger partial charge in [0.05, 0.1) is 18.1 Å². The Morgan fingerprint density at radius 3 is 2.33 bits per heavy atom. The Bertz CT molecular complexity index is 1140. The van der Waals surface area contributed by atoms with Gasteiger partial charge in [-0.3, -0.25) is 9.59 Å². The van der Waals surface area contributed by atoms with Gasteiger partial charge in [-0.05, 0) is 51.0 Å². The summed E-state index contributed by atoms with van der Waals surface area (Å²) in [6, 6.07) is 8.09. The Labute approximate surface area is 193 Å². The fraction of sp³-hybridized carbons (Fsp3) is 0.391. The van der Waals surface area contributed by atoms with Crippen LogP contribution < -0.4 is 19.5 Å². The molecule has 0 saturated carbocycles. The van der Waals surface area contributed by atoms with Gasteiger partial charge in [0.15, 0.2) is 17.6 Å². The zero-order chi connectivity index (χ0) is 24.2. The predicted octanol–water partition coefficient (Wildman–Crippen LogP) is 2.62. The lowest BCUT2D eigenvalue weighted by Gasteiger charge is -2.17. The Balaban J connectivity index is 1.57. The largest absolute Gasteiger partial charge is 0.490 e. The molecule has 33 heavy (non-hydrogen) atoms. The number of nitrogens with one attached hydrogen (secondary N) is 2. The van der Waals surface area contributed by atoms with Crippen molar-refractivity contribution in [2.45, 2.75) is 45.1 Å². The first-order valence-electron chi connectivity index (χ1n) is 10.5. The van der Waals surface area contributed by atoms with Crippen LogP contribution >= 0.6 is 0 Å². The maximum atomic E-state index is 12.6. The number of esters is 1. The molecule has 1 aliphatic rings. The number of carbonyl (C=O) groups excluding carboxylic acids is 2. The fourth-order valence-electron chi connectivity index (χ4n) is 3.44. The monoisotopic (exact) mass is 476 g/mol. The summed E-state index contributed by atoms with van der Waals surface area (Å²) in [5, 5.41) is 2.76. The minimum atomic E-state index is -4.01. The minimum absolute atomic E-state index is 0.0735. The Morgan fingerprint density at radius 1 is 1.03 bits per heavy atom. The molecule has 0 aliphatic carbocycles. The Hall–Kier alpha value is -3.11. The standard InChI is InChI=1S/C23H28N2O7S/c1-14-10-15(2)22(16(3)11-14)25-23(27)17(4)32-21(26)13-24-33(28,29)18-6-7-19-20(12-18)31-9-5-8-30-19/h6-7,10-12,17,24H,5,8-9,13H2,1-4H3,(H,25,27). The third-order valence-electron chi connectivity index (χ3n) is 5.04. The molecule has 1 atom stereocenters. The highest BCUT2D eigenvalue weighted by Crippen LogP contribution is 2.31. The summed E-state index contributed by atoms with van der Waals surface area (Å²) in [6.07, 6.45) is -0.421. The summed E-state index contributed by atoms with van der Waals surface area (Å²) >= 11 is 0. The van der Waals surface area contributed by atoms with Crippen molar-refractivity contribution in [2.24, 2.45) is 0 Å². The number of carbonyl (C=O) groups is 2. The molecule has 0 radical (unpaired) electrons. The summed E-state index contributed by atoms with van der Waals surface area (Å²) in [5.74, 6) is -0.605. The van der Waals surface area contributed by atoms with E-state index in [0.717, 1.165) is 16.7 Å². The smallest absolute Gasteiger partial charge is 0.321 e. The molecular formula is C23H28N2O7S. The molecule has 1 amide bonds. The average molecular weight is 477 g/mol. The molecule has 2 N–H and O–H groups in total. The van der Waals surface area contributed by atoms with E-state index in [0.29, 0.717) is 36.8 Å². The maximum Gasteiger partial charge on any atom is 0.321 e. The van der Waals surface area contributed by atoms with E-state index in [9.17, 15) is 18.0 Å². The van der Waals surface area contributed by atoms with Crippen molar-refractivity contribution in [3.05, 3.63) is 47.0 Å². The molecular weight excluding hydrogens is 448 g/mol. The molecule has 10 heteroatoms. The van der Waals surface area contributed by atoms with Gasteiger partial charge in [0, 0.05) is 18.2 Å². The van der Waals surface area contributed by atoms with Gasteiger partial charge < -0.3 is 19.5 Å². The third kappa shape index (κ3) is 6.23. The van der Waals surface area contributed by atoms with Crippen molar-refractivity contribution in [1.82, 2.24) is 4.72 Å². The van der Waals surface area contributed by atoms with E-state index in [1.807, 2.05) is 32.9 Å². The number of hydrogen-bond donors (Lipinski definition) is 2. The van der Waals surface area contributed by atoms with Crippen molar-refractivity contribution < 1.29 is 32.2 Å². The minimum Gasteiger partial charge on any atom is -0.490 e. The number of rotatable bonds is 7. The molecule has 2 aromatic rings. The first-order valence-corrected chi connectivity index (χ1v) is 12.0. The van der Waals surface area contributed by atoms with Crippen molar-refractivity contribution in [1.29, 1.82) is 0 Å². The van der Waals surface area contributed by atoms with Crippen LogP contribution in [-0.2, 0) is 24.3 Å². The average Bonchev–Trinajstić information content (AvgIpc) is 2.99. The molecule has 0 fully saturated rings. The zero-order valence-corrected chi connectivity index (χ0v) is 19.9. The molecule has 9 nitrogen and oxygen atoms in total. The van der Waals surface area contributed by atoms with Gasteiger partial charge in [-0.1, -0.05) is 17.7 Å². The predicted molar refractivity (Wildman–Crippen MR) is 122 cm³/mol. The van der Waals surface area contributed by atoms with Gasteiger partial charge in [-0.25, -0.2) is 8.42 Å². The SMILES string of the molecule is Cc1cc(C)c(NC(=O)C(C)OC(=O)CNS(=O)(=O)c2ccc3c(c2)OCCCO3)c(C)c1. The quantitative estimate of drug-likeness (QED) is 0.590. The van der Waals surface area contributed by atoms with Gasteiger partial charge in [0.2, 0.25) is 10.0 Å². The lowest BCUT2D eigenvalue weighted by atomic mass is 10.0. The number of fused-ring (bicyclic) bond motifs is 1. The second-order valence-corrected chi connectivity index (χ2v) is 9.65. The Kier molecular flexibility index (Phi) is 7.60. The number of aryl methyl sites for hydroxylation is 3. The van der Waals surface area contributed by atoms with Crippen LogP contribution in [0.5, 0.6) is 11.5 Å². The van der Waals surface area contributed by atoms with Crippen LogP contribution in [0.15, 0.2) is 35.2 Å². The van der Waals surface area contributed by atoms with Gasteiger partial charge in [-0.2, -0.15) is 4.72 Å². The Morgan fingerprint density at radius 2 is 1.67 bits per heavy atom. The van der Waals surface area contributed by atoms with Crippen molar-refractivity contribution in [3.8, 4) is 11.5 Å². The van der Waals surface area contributed by atoms with Crippen LogP contribution in [0.2, 0.25) is 0 Å². The number of ether oxygens (including phenoxy) is 3. The number of benzene rings is 2. The highest BCUT2D eigenvalue weighted by atomic mass is 32.2. The van der Waals surface area contributed by atoms with Crippen LogP contribution in [0.25, 0.3) is 0 Å². The van der Waals surface area contributed by atoms with Crippen LogP contribution in [0, 0.1) is 20.8 Å². The van der Waals surface area contributed by atoms with Crippen LogP contribution in [-0.4, -0.2) is 46.2 Å². The summed E-state index contributed by atoms with van der Waals surface area (Å²) < 4.78 is 43.4. The van der Waals surface area contributed by atoms with Crippen molar-refractivity contribution in [3.63, 3.8) is 0 Å². The van der Waals surface area contributed by atoms with E-state index >= 15 is 0 Å². The lowest BCUT2D eigenvalue weighted by molar-refractivity contribution is -0.151. The first-order chi connectivity index (χ1) is 15.6. The summed E-state index contributed by atoms with van der Waals surface area (Å²) in [4.78, 5) is 24.6. The van der Waals surface area contributed by atoms with E-state index in [-0.39, 0.29) is 4.90 Å². The highest BCUT2D eigenvalue weighted by Gasteiger charge is 2.23. The van der Waals surface area contributed by atoms with Gasteiger partial charge >= 0.3 is 5.97 Å². The van der Waals surface area contributed by atoms with E-state index in [4.69, 9.17) is 14.2 Å². The van der Waals surface area contributed by atoms with Gasteiger partial charge in [0.1, 0.15) is 6.54 Å².